The molecule has 0 spiro atoms. The van der Waals surface area contributed by atoms with E-state index in [1.807, 2.05) is 26.0 Å². The van der Waals surface area contributed by atoms with Crippen LogP contribution in [0.2, 0.25) is 0 Å². The van der Waals surface area contributed by atoms with Crippen molar-refractivity contribution in [3.05, 3.63) is 28.8 Å². The van der Waals surface area contributed by atoms with Crippen LogP contribution in [0.3, 0.4) is 0 Å². The fraction of sp³-hybridized carbons (Fsp3) is 0.417. The van der Waals surface area contributed by atoms with Gasteiger partial charge in [0.15, 0.2) is 0 Å². The van der Waals surface area contributed by atoms with Crippen LogP contribution >= 0.6 is 0 Å². The molecule has 1 unspecified atom stereocenters. The van der Waals surface area contributed by atoms with Gasteiger partial charge in [-0.15, -0.1) is 0 Å². The second-order valence-electron chi connectivity index (χ2n) is 3.80. The molecule has 88 valence electrons. The molecule has 1 rings (SSSR count). The van der Waals surface area contributed by atoms with Crippen molar-refractivity contribution in [3.63, 3.8) is 0 Å². The van der Waals surface area contributed by atoms with Gasteiger partial charge >= 0.3 is 0 Å². The molecule has 1 amide bonds. The summed E-state index contributed by atoms with van der Waals surface area (Å²) in [4.78, 5) is 11.5. The fourth-order valence-corrected chi connectivity index (χ4v) is 1.79. The lowest BCUT2D eigenvalue weighted by Gasteiger charge is -2.17. The highest BCUT2D eigenvalue weighted by Crippen LogP contribution is 2.29. The summed E-state index contributed by atoms with van der Waals surface area (Å²) in [6.45, 7) is 3.90. The minimum Gasteiger partial charge on any atom is -0.496 e. The van der Waals surface area contributed by atoms with Gasteiger partial charge in [0, 0.05) is 12.6 Å². The zero-order chi connectivity index (χ0) is 12.3. The Kier molecular flexibility index (Phi) is 3.90. The molecule has 0 radical (unpaired) electrons. The standard InChI is InChI=1S/C12H18N2O2/c1-7-5-8(2)11(16-4)9(6-7)10(13)12(15)14-3/h5-6,10H,13H2,1-4H3,(H,14,15). The molecule has 0 fully saturated rings. The third-order valence-electron chi connectivity index (χ3n) is 2.52. The van der Waals surface area contributed by atoms with Gasteiger partial charge in [-0.2, -0.15) is 0 Å². The molecule has 1 aromatic rings. The zero-order valence-electron chi connectivity index (χ0n) is 10.1. The Morgan fingerprint density at radius 2 is 2.06 bits per heavy atom. The second-order valence-corrected chi connectivity index (χ2v) is 3.80. The van der Waals surface area contributed by atoms with E-state index in [9.17, 15) is 4.79 Å². The van der Waals surface area contributed by atoms with Crippen molar-refractivity contribution < 1.29 is 9.53 Å². The molecule has 0 aliphatic carbocycles. The van der Waals surface area contributed by atoms with E-state index in [1.165, 1.54) is 0 Å². The number of likely N-dealkylation sites (N-methyl/N-ethyl adjacent to an activating group) is 1. The first-order valence-corrected chi connectivity index (χ1v) is 5.13. The number of benzene rings is 1. The molecule has 0 heterocycles. The average Bonchev–Trinajstić information content (AvgIpc) is 2.26. The smallest absolute Gasteiger partial charge is 0.241 e. The van der Waals surface area contributed by atoms with Crippen molar-refractivity contribution in [3.8, 4) is 5.75 Å². The Morgan fingerprint density at radius 3 is 2.56 bits per heavy atom. The van der Waals surface area contributed by atoms with Crippen molar-refractivity contribution in [2.75, 3.05) is 14.2 Å². The van der Waals surface area contributed by atoms with Crippen LogP contribution in [0.15, 0.2) is 12.1 Å². The number of carbonyl (C=O) groups is 1. The van der Waals surface area contributed by atoms with Crippen molar-refractivity contribution in [2.45, 2.75) is 19.9 Å². The highest BCUT2D eigenvalue weighted by Gasteiger charge is 2.20. The number of methoxy groups -OCH3 is 1. The molecule has 0 saturated carbocycles. The number of ether oxygens (including phenoxy) is 1. The number of nitrogens with one attached hydrogen (secondary N) is 1. The summed E-state index contributed by atoms with van der Waals surface area (Å²) < 4.78 is 5.29. The lowest BCUT2D eigenvalue weighted by Crippen LogP contribution is -2.31. The van der Waals surface area contributed by atoms with Crippen LogP contribution in [0.4, 0.5) is 0 Å². The Labute approximate surface area is 95.8 Å². The van der Waals surface area contributed by atoms with E-state index in [4.69, 9.17) is 10.5 Å². The van der Waals surface area contributed by atoms with E-state index in [0.717, 1.165) is 16.7 Å². The molecular formula is C12H18N2O2. The summed E-state index contributed by atoms with van der Waals surface area (Å²) in [5.74, 6) is 0.463. The van der Waals surface area contributed by atoms with Gasteiger partial charge in [0.1, 0.15) is 11.8 Å². The van der Waals surface area contributed by atoms with Crippen molar-refractivity contribution in [1.82, 2.24) is 5.32 Å². The normalized spacial score (nSPS) is 12.1. The van der Waals surface area contributed by atoms with Gasteiger partial charge in [-0.25, -0.2) is 0 Å². The van der Waals surface area contributed by atoms with Crippen LogP contribution in [0.25, 0.3) is 0 Å². The number of amides is 1. The summed E-state index contributed by atoms with van der Waals surface area (Å²) in [5, 5.41) is 2.53. The van der Waals surface area contributed by atoms with Crippen LogP contribution in [-0.2, 0) is 4.79 Å². The highest BCUT2D eigenvalue weighted by molar-refractivity contribution is 5.83. The molecule has 4 nitrogen and oxygen atoms in total. The predicted molar refractivity (Wildman–Crippen MR) is 63.5 cm³/mol. The van der Waals surface area contributed by atoms with E-state index >= 15 is 0 Å². The molecular weight excluding hydrogens is 204 g/mol. The first-order valence-electron chi connectivity index (χ1n) is 5.13. The molecule has 1 atom stereocenters. The van der Waals surface area contributed by atoms with Crippen LogP contribution in [-0.4, -0.2) is 20.1 Å². The van der Waals surface area contributed by atoms with Crippen LogP contribution in [0.5, 0.6) is 5.75 Å². The number of nitrogens with two attached hydrogens (primary N) is 1. The van der Waals surface area contributed by atoms with Gasteiger partial charge in [0.05, 0.1) is 7.11 Å². The molecule has 4 heteroatoms. The van der Waals surface area contributed by atoms with Crippen molar-refractivity contribution >= 4 is 5.91 Å². The predicted octanol–water partition coefficient (Wildman–Crippen LogP) is 1.06. The van der Waals surface area contributed by atoms with E-state index < -0.39 is 6.04 Å². The summed E-state index contributed by atoms with van der Waals surface area (Å²) in [5.41, 5.74) is 8.64. The Bertz CT molecular complexity index is 402. The van der Waals surface area contributed by atoms with Crippen molar-refractivity contribution in [2.24, 2.45) is 5.73 Å². The maximum absolute atomic E-state index is 11.5. The second kappa shape index (κ2) is 4.99. The fourth-order valence-electron chi connectivity index (χ4n) is 1.79. The number of hydrogen-bond donors (Lipinski definition) is 2. The monoisotopic (exact) mass is 222 g/mol. The zero-order valence-corrected chi connectivity index (χ0v) is 10.1. The first kappa shape index (κ1) is 12.5. The van der Waals surface area contributed by atoms with Gasteiger partial charge in [0.2, 0.25) is 5.91 Å². The third kappa shape index (κ3) is 2.33. The summed E-state index contributed by atoms with van der Waals surface area (Å²) in [7, 11) is 3.15. The van der Waals surface area contributed by atoms with E-state index in [1.54, 1.807) is 14.2 Å². The van der Waals surface area contributed by atoms with E-state index in [0.29, 0.717) is 5.75 Å². The molecule has 0 aromatic heterocycles. The number of aryl methyl sites for hydroxylation is 2. The average molecular weight is 222 g/mol. The maximum atomic E-state index is 11.5. The summed E-state index contributed by atoms with van der Waals surface area (Å²) in [6, 6.07) is 3.18. The van der Waals surface area contributed by atoms with Crippen molar-refractivity contribution in [1.29, 1.82) is 0 Å². The van der Waals surface area contributed by atoms with Crippen LogP contribution in [0, 0.1) is 13.8 Å². The molecule has 0 saturated heterocycles. The molecule has 0 aliphatic rings. The Morgan fingerprint density at radius 1 is 1.44 bits per heavy atom. The molecule has 0 bridgehead atoms. The van der Waals surface area contributed by atoms with E-state index in [-0.39, 0.29) is 5.91 Å². The molecule has 0 aliphatic heterocycles. The highest BCUT2D eigenvalue weighted by atomic mass is 16.5. The van der Waals surface area contributed by atoms with Crippen LogP contribution < -0.4 is 15.8 Å². The Hall–Kier alpha value is -1.55. The van der Waals surface area contributed by atoms with Gasteiger partial charge < -0.3 is 15.8 Å². The molecule has 16 heavy (non-hydrogen) atoms. The SMILES string of the molecule is CNC(=O)C(N)c1cc(C)cc(C)c1OC. The minimum absolute atomic E-state index is 0.219. The number of hydrogen-bond acceptors (Lipinski definition) is 3. The third-order valence-corrected chi connectivity index (χ3v) is 2.52. The van der Waals surface area contributed by atoms with Gasteiger partial charge in [-0.05, 0) is 19.4 Å². The first-order chi connectivity index (χ1) is 7.51. The lowest BCUT2D eigenvalue weighted by atomic mass is 9.99. The largest absolute Gasteiger partial charge is 0.496 e. The van der Waals surface area contributed by atoms with Crippen LogP contribution in [0.1, 0.15) is 22.7 Å². The molecule has 1 aromatic carbocycles. The number of carbonyl (C=O) groups excluding carboxylic acids is 1. The maximum Gasteiger partial charge on any atom is 0.241 e. The minimum atomic E-state index is -0.696. The Balaban J connectivity index is 3.25. The van der Waals surface area contributed by atoms with Gasteiger partial charge in [-0.1, -0.05) is 17.7 Å². The van der Waals surface area contributed by atoms with Gasteiger partial charge in [-0.3, -0.25) is 4.79 Å². The lowest BCUT2D eigenvalue weighted by molar-refractivity contribution is -0.122. The molecule has 3 N–H and O–H groups in total. The summed E-state index contributed by atoms with van der Waals surface area (Å²) >= 11 is 0. The topological polar surface area (TPSA) is 64.4 Å². The summed E-state index contributed by atoms with van der Waals surface area (Å²) in [6.07, 6.45) is 0. The van der Waals surface area contributed by atoms with Gasteiger partial charge in [0.25, 0.3) is 0 Å². The van der Waals surface area contributed by atoms with E-state index in [2.05, 4.69) is 5.32 Å². The quantitative estimate of drug-likeness (QED) is 0.803. The number of rotatable bonds is 3.